The topological polar surface area (TPSA) is 79.1 Å². The minimum absolute atomic E-state index is 0.0712. The van der Waals surface area contributed by atoms with Crippen molar-refractivity contribution in [3.63, 3.8) is 0 Å². The Morgan fingerprint density at radius 2 is 1.97 bits per heavy atom. The molecule has 34 heavy (non-hydrogen) atoms. The number of carbonyl (C=O) groups is 1. The van der Waals surface area contributed by atoms with Crippen molar-refractivity contribution < 1.29 is 9.53 Å². The molecule has 0 saturated carbocycles. The number of ether oxygens (including phenoxy) is 1. The molecule has 2 fully saturated rings. The molecule has 3 aromatic rings. The number of hydrogen-bond acceptors (Lipinski definition) is 8. The van der Waals surface area contributed by atoms with E-state index in [1.54, 1.807) is 35.7 Å². The van der Waals surface area contributed by atoms with Crippen LogP contribution < -0.4 is 4.74 Å². The van der Waals surface area contributed by atoms with Gasteiger partial charge in [-0.1, -0.05) is 41.7 Å². The summed E-state index contributed by atoms with van der Waals surface area (Å²) in [6, 6.07) is 17.8. The predicted molar refractivity (Wildman–Crippen MR) is 135 cm³/mol. The molecular weight excluding hydrogens is 485 g/mol. The zero-order chi connectivity index (χ0) is 23.5. The lowest BCUT2D eigenvalue weighted by Gasteiger charge is -2.39. The lowest BCUT2D eigenvalue weighted by Crippen LogP contribution is -2.49. The lowest BCUT2D eigenvalue weighted by molar-refractivity contribution is 0.0359. The van der Waals surface area contributed by atoms with Crippen LogP contribution in [0.4, 0.5) is 0 Å². The highest BCUT2D eigenvalue weighted by molar-refractivity contribution is 8.00. The Bertz CT molecular complexity index is 1190. The van der Waals surface area contributed by atoms with E-state index in [0.717, 1.165) is 57.8 Å². The SMILES string of the molecule is CSc1nsc(SCc2ccc(C(=O)N3C4CCC3CC(Oc3cccc(C#N)c3)C4)cc2)n1. The maximum absolute atomic E-state index is 13.4. The molecule has 2 atom stereocenters. The number of nitriles is 1. The first-order chi connectivity index (χ1) is 16.6. The number of piperidine rings is 1. The number of nitrogens with zero attached hydrogens (tertiary/aromatic N) is 4. The number of aromatic nitrogens is 2. The van der Waals surface area contributed by atoms with E-state index in [1.807, 2.05) is 42.7 Å². The first-order valence-electron chi connectivity index (χ1n) is 11.2. The standard InChI is InChI=1S/C25H24N4O2S3/c1-32-24-27-25(34-28-24)33-15-16-5-7-18(8-6-16)23(30)29-19-9-10-20(29)13-22(12-19)31-21-4-2-3-17(11-21)14-26/h2-8,11,19-20,22H,9-10,12-13,15H2,1H3. The molecular formula is C25H24N4O2S3. The van der Waals surface area contributed by atoms with Gasteiger partial charge in [0.1, 0.15) is 11.9 Å². The fourth-order valence-corrected chi connectivity index (χ4v) is 6.93. The second-order valence-corrected chi connectivity index (χ2v) is 11.2. The highest BCUT2D eigenvalue weighted by atomic mass is 32.2. The Morgan fingerprint density at radius 3 is 2.65 bits per heavy atom. The number of hydrogen-bond donors (Lipinski definition) is 0. The molecule has 2 aliphatic heterocycles. The van der Waals surface area contributed by atoms with E-state index in [-0.39, 0.29) is 24.1 Å². The average Bonchev–Trinajstić information content (AvgIpc) is 3.44. The van der Waals surface area contributed by atoms with Gasteiger partial charge in [-0.3, -0.25) is 4.79 Å². The third-order valence-electron chi connectivity index (χ3n) is 6.32. The number of carbonyl (C=O) groups excluding carboxylic acids is 1. The van der Waals surface area contributed by atoms with E-state index >= 15 is 0 Å². The van der Waals surface area contributed by atoms with Crippen LogP contribution in [0.1, 0.15) is 47.2 Å². The smallest absolute Gasteiger partial charge is 0.254 e. The van der Waals surface area contributed by atoms with Crippen LogP contribution in [0.3, 0.4) is 0 Å². The molecule has 0 N–H and O–H groups in total. The van der Waals surface area contributed by atoms with Crippen molar-refractivity contribution in [2.75, 3.05) is 6.26 Å². The number of fused-ring (bicyclic) bond motifs is 2. The van der Waals surface area contributed by atoms with E-state index < -0.39 is 0 Å². The molecule has 2 bridgehead atoms. The van der Waals surface area contributed by atoms with E-state index in [1.165, 1.54) is 11.5 Å². The molecule has 0 radical (unpaired) electrons. The Hall–Kier alpha value is -2.54. The van der Waals surface area contributed by atoms with Crippen LogP contribution in [0.5, 0.6) is 5.75 Å². The zero-order valence-electron chi connectivity index (χ0n) is 18.7. The Balaban J connectivity index is 1.19. The van der Waals surface area contributed by atoms with E-state index in [9.17, 15) is 4.79 Å². The van der Waals surface area contributed by atoms with Gasteiger partial charge < -0.3 is 9.64 Å². The van der Waals surface area contributed by atoms with Gasteiger partial charge in [-0.2, -0.15) is 9.64 Å². The van der Waals surface area contributed by atoms with Crippen LogP contribution in [0.25, 0.3) is 0 Å². The summed E-state index contributed by atoms with van der Waals surface area (Å²) >= 11 is 4.65. The largest absolute Gasteiger partial charge is 0.490 e. The van der Waals surface area contributed by atoms with Crippen molar-refractivity contribution >= 4 is 41.0 Å². The molecule has 3 heterocycles. The number of thioether (sulfide) groups is 2. The second-order valence-electron chi connectivity index (χ2n) is 8.48. The fourth-order valence-electron chi connectivity index (χ4n) is 4.76. The van der Waals surface area contributed by atoms with Crippen LogP contribution in [-0.2, 0) is 5.75 Å². The predicted octanol–water partition coefficient (Wildman–Crippen LogP) is 5.64. The number of benzene rings is 2. The van der Waals surface area contributed by atoms with Crippen molar-refractivity contribution in [2.24, 2.45) is 0 Å². The maximum atomic E-state index is 13.4. The van der Waals surface area contributed by atoms with Crippen LogP contribution >= 0.6 is 35.1 Å². The summed E-state index contributed by atoms with van der Waals surface area (Å²) < 4.78 is 11.5. The molecule has 6 nitrogen and oxygen atoms in total. The summed E-state index contributed by atoms with van der Waals surface area (Å²) in [5.74, 6) is 1.65. The molecule has 174 valence electrons. The summed E-state index contributed by atoms with van der Waals surface area (Å²) in [7, 11) is 0. The fraction of sp³-hybridized carbons (Fsp3) is 0.360. The van der Waals surface area contributed by atoms with Gasteiger partial charge in [-0.05, 0) is 66.5 Å². The van der Waals surface area contributed by atoms with Crippen molar-refractivity contribution in [3.05, 3.63) is 65.2 Å². The van der Waals surface area contributed by atoms with Gasteiger partial charge in [0.25, 0.3) is 5.91 Å². The average molecular weight is 509 g/mol. The minimum Gasteiger partial charge on any atom is -0.490 e. The molecule has 2 unspecified atom stereocenters. The van der Waals surface area contributed by atoms with Gasteiger partial charge in [-0.15, -0.1) is 0 Å². The van der Waals surface area contributed by atoms with E-state index in [2.05, 4.69) is 20.3 Å². The van der Waals surface area contributed by atoms with Crippen molar-refractivity contribution in [3.8, 4) is 11.8 Å². The molecule has 2 aliphatic rings. The highest BCUT2D eigenvalue weighted by Gasteiger charge is 2.44. The summed E-state index contributed by atoms with van der Waals surface area (Å²) in [4.78, 5) is 19.9. The Labute approximate surface area is 211 Å². The molecule has 1 aromatic heterocycles. The highest BCUT2D eigenvalue weighted by Crippen LogP contribution is 2.38. The van der Waals surface area contributed by atoms with Gasteiger partial charge in [0.2, 0.25) is 5.16 Å². The van der Waals surface area contributed by atoms with Crippen molar-refractivity contribution in [1.29, 1.82) is 5.26 Å². The van der Waals surface area contributed by atoms with Crippen molar-refractivity contribution in [2.45, 2.75) is 59.1 Å². The van der Waals surface area contributed by atoms with E-state index in [4.69, 9.17) is 10.00 Å². The van der Waals surface area contributed by atoms with Crippen LogP contribution in [0.15, 0.2) is 58.0 Å². The Morgan fingerprint density at radius 1 is 1.21 bits per heavy atom. The molecule has 2 aromatic carbocycles. The van der Waals surface area contributed by atoms with Crippen LogP contribution in [0.2, 0.25) is 0 Å². The van der Waals surface area contributed by atoms with Crippen LogP contribution in [-0.4, -0.2) is 44.6 Å². The normalized spacial score (nSPS) is 21.3. The Kier molecular flexibility index (Phi) is 7.09. The first-order valence-corrected chi connectivity index (χ1v) is 14.2. The number of amides is 1. The van der Waals surface area contributed by atoms with Gasteiger partial charge in [0.05, 0.1) is 11.6 Å². The van der Waals surface area contributed by atoms with Gasteiger partial charge in [0.15, 0.2) is 4.34 Å². The van der Waals surface area contributed by atoms with Gasteiger partial charge in [0, 0.05) is 36.2 Å². The van der Waals surface area contributed by atoms with Crippen LogP contribution in [0, 0.1) is 11.3 Å². The van der Waals surface area contributed by atoms with E-state index in [0.29, 0.717) is 5.56 Å². The molecule has 1 amide bonds. The minimum atomic E-state index is 0.0712. The number of rotatable bonds is 7. The first kappa shape index (κ1) is 23.2. The third kappa shape index (κ3) is 5.09. The molecule has 0 aliphatic carbocycles. The maximum Gasteiger partial charge on any atom is 0.254 e. The monoisotopic (exact) mass is 508 g/mol. The second kappa shape index (κ2) is 10.4. The quantitative estimate of drug-likeness (QED) is 0.382. The zero-order valence-corrected chi connectivity index (χ0v) is 21.2. The molecule has 9 heteroatoms. The van der Waals surface area contributed by atoms with Gasteiger partial charge >= 0.3 is 0 Å². The molecule has 2 saturated heterocycles. The third-order valence-corrected chi connectivity index (χ3v) is 8.89. The summed E-state index contributed by atoms with van der Waals surface area (Å²) in [5.41, 5.74) is 2.51. The van der Waals surface area contributed by atoms with Crippen molar-refractivity contribution in [1.82, 2.24) is 14.3 Å². The summed E-state index contributed by atoms with van der Waals surface area (Å²) in [5, 5.41) is 9.93. The summed E-state index contributed by atoms with van der Waals surface area (Å²) in [6.45, 7) is 0. The van der Waals surface area contributed by atoms with Gasteiger partial charge in [-0.25, -0.2) is 4.98 Å². The summed E-state index contributed by atoms with van der Waals surface area (Å²) in [6.07, 6.45) is 5.73. The lowest BCUT2D eigenvalue weighted by atomic mass is 9.98. The molecule has 5 rings (SSSR count). The molecule has 0 spiro atoms.